The van der Waals surface area contributed by atoms with E-state index >= 15 is 0 Å². The predicted octanol–water partition coefficient (Wildman–Crippen LogP) is 1.48. The Morgan fingerprint density at radius 3 is 3.08 bits per heavy atom. The smallest absolute Gasteiger partial charge is 0.142 e. The highest BCUT2D eigenvalue weighted by atomic mass is 16.5. The first-order valence-electron chi connectivity index (χ1n) is 4.28. The Bertz CT molecular complexity index is 312. The molecule has 1 aliphatic heterocycles. The first-order valence-corrected chi connectivity index (χ1v) is 4.28. The van der Waals surface area contributed by atoms with Gasteiger partial charge in [-0.25, -0.2) is 0 Å². The summed E-state index contributed by atoms with van der Waals surface area (Å²) in [5.41, 5.74) is 1.19. The molecule has 0 radical (unpaired) electrons. The Balaban J connectivity index is 2.32. The van der Waals surface area contributed by atoms with Crippen LogP contribution in [0.3, 0.4) is 0 Å². The minimum Gasteiger partial charge on any atom is -0.497 e. The lowest BCUT2D eigenvalue weighted by molar-refractivity contribution is 0.121. The second kappa shape index (κ2) is 3.26. The van der Waals surface area contributed by atoms with Crippen LogP contribution in [-0.4, -0.2) is 25.8 Å². The second-order valence-corrected chi connectivity index (χ2v) is 3.26. The maximum Gasteiger partial charge on any atom is 0.142 e. The van der Waals surface area contributed by atoms with Gasteiger partial charge in [0.1, 0.15) is 18.2 Å². The average Bonchev–Trinajstić information content (AvgIpc) is 2.16. The van der Waals surface area contributed by atoms with Crippen LogP contribution in [0.15, 0.2) is 18.2 Å². The lowest BCUT2D eigenvalue weighted by atomic mass is 10.1. The molecular weight excluding hydrogens is 166 g/mol. The highest BCUT2D eigenvalue weighted by Crippen LogP contribution is 2.27. The largest absolute Gasteiger partial charge is 0.497 e. The number of benzene rings is 1. The monoisotopic (exact) mass is 179 g/mol. The fraction of sp³-hybridized carbons (Fsp3) is 0.400. The molecule has 3 nitrogen and oxygen atoms in total. The van der Waals surface area contributed by atoms with Crippen LogP contribution in [0.2, 0.25) is 0 Å². The van der Waals surface area contributed by atoms with E-state index in [4.69, 9.17) is 9.47 Å². The summed E-state index contributed by atoms with van der Waals surface area (Å²) in [6.45, 7) is 1.59. The molecule has 0 spiro atoms. The van der Waals surface area contributed by atoms with Gasteiger partial charge in [0.15, 0.2) is 0 Å². The molecule has 0 unspecified atom stereocenters. The minimum atomic E-state index is 0.666. The molecule has 0 amide bonds. The zero-order chi connectivity index (χ0) is 9.26. The van der Waals surface area contributed by atoms with Gasteiger partial charge in [-0.15, -0.1) is 0 Å². The Labute approximate surface area is 77.9 Å². The Hall–Kier alpha value is -1.22. The van der Waals surface area contributed by atoms with Crippen LogP contribution in [-0.2, 0) is 6.54 Å². The maximum atomic E-state index is 5.51. The summed E-state index contributed by atoms with van der Waals surface area (Å²) in [6, 6.07) is 5.90. The third-order valence-electron chi connectivity index (χ3n) is 2.15. The van der Waals surface area contributed by atoms with Gasteiger partial charge in [-0.05, 0) is 25.2 Å². The van der Waals surface area contributed by atoms with Gasteiger partial charge in [-0.3, -0.25) is 4.90 Å². The Morgan fingerprint density at radius 1 is 1.46 bits per heavy atom. The van der Waals surface area contributed by atoms with Crippen LogP contribution in [0.25, 0.3) is 0 Å². The summed E-state index contributed by atoms with van der Waals surface area (Å²) in [7, 11) is 3.71. The highest BCUT2D eigenvalue weighted by molar-refractivity contribution is 5.40. The SMILES string of the molecule is COc1ccc2c(c1)CN(C)CO2. The molecule has 0 aliphatic carbocycles. The summed E-state index contributed by atoms with van der Waals surface area (Å²) in [5.74, 6) is 1.86. The third kappa shape index (κ3) is 1.60. The van der Waals surface area contributed by atoms with E-state index in [9.17, 15) is 0 Å². The van der Waals surface area contributed by atoms with Crippen molar-refractivity contribution in [2.45, 2.75) is 6.54 Å². The number of hydrogen-bond donors (Lipinski definition) is 0. The quantitative estimate of drug-likeness (QED) is 0.651. The zero-order valence-corrected chi connectivity index (χ0v) is 7.91. The molecule has 70 valence electrons. The van der Waals surface area contributed by atoms with Gasteiger partial charge in [0.25, 0.3) is 0 Å². The molecule has 2 rings (SSSR count). The molecule has 13 heavy (non-hydrogen) atoms. The maximum absolute atomic E-state index is 5.51. The number of hydrogen-bond acceptors (Lipinski definition) is 3. The number of nitrogens with zero attached hydrogens (tertiary/aromatic N) is 1. The van der Waals surface area contributed by atoms with Crippen molar-refractivity contribution in [3.63, 3.8) is 0 Å². The van der Waals surface area contributed by atoms with Gasteiger partial charge in [0.05, 0.1) is 7.11 Å². The molecular formula is C10H13NO2. The lowest BCUT2D eigenvalue weighted by Crippen LogP contribution is -2.27. The molecule has 0 fully saturated rings. The van der Waals surface area contributed by atoms with E-state index in [-0.39, 0.29) is 0 Å². The van der Waals surface area contributed by atoms with Crippen LogP contribution in [0, 0.1) is 0 Å². The molecule has 0 saturated heterocycles. The zero-order valence-electron chi connectivity index (χ0n) is 7.91. The van der Waals surface area contributed by atoms with E-state index < -0.39 is 0 Å². The average molecular weight is 179 g/mol. The first-order chi connectivity index (χ1) is 6.29. The molecule has 0 N–H and O–H groups in total. The van der Waals surface area contributed by atoms with E-state index in [1.165, 1.54) is 5.56 Å². The van der Waals surface area contributed by atoms with E-state index in [0.29, 0.717) is 6.73 Å². The van der Waals surface area contributed by atoms with E-state index in [1.807, 2.05) is 25.2 Å². The Morgan fingerprint density at radius 2 is 2.31 bits per heavy atom. The fourth-order valence-electron chi connectivity index (χ4n) is 1.46. The number of fused-ring (bicyclic) bond motifs is 1. The number of rotatable bonds is 1. The van der Waals surface area contributed by atoms with Crippen molar-refractivity contribution in [3.05, 3.63) is 23.8 Å². The molecule has 0 saturated carbocycles. The molecule has 1 aliphatic rings. The van der Waals surface area contributed by atoms with E-state index in [2.05, 4.69) is 4.90 Å². The van der Waals surface area contributed by atoms with Crippen LogP contribution in [0.1, 0.15) is 5.56 Å². The Kier molecular flexibility index (Phi) is 2.10. The molecule has 0 bridgehead atoms. The van der Waals surface area contributed by atoms with Crippen LogP contribution in [0.5, 0.6) is 11.5 Å². The lowest BCUT2D eigenvalue weighted by Gasteiger charge is -2.25. The third-order valence-corrected chi connectivity index (χ3v) is 2.15. The van der Waals surface area contributed by atoms with Crippen molar-refractivity contribution in [1.29, 1.82) is 0 Å². The van der Waals surface area contributed by atoms with Crippen molar-refractivity contribution in [2.24, 2.45) is 0 Å². The van der Waals surface area contributed by atoms with Crippen molar-refractivity contribution < 1.29 is 9.47 Å². The topological polar surface area (TPSA) is 21.7 Å². The number of ether oxygens (including phenoxy) is 2. The predicted molar refractivity (Wildman–Crippen MR) is 50.0 cm³/mol. The van der Waals surface area contributed by atoms with Crippen LogP contribution in [0.4, 0.5) is 0 Å². The van der Waals surface area contributed by atoms with Crippen molar-refractivity contribution in [2.75, 3.05) is 20.9 Å². The molecule has 0 aromatic heterocycles. The van der Waals surface area contributed by atoms with Crippen LogP contribution < -0.4 is 9.47 Å². The molecule has 1 heterocycles. The summed E-state index contributed by atoms with van der Waals surface area (Å²) in [6.07, 6.45) is 0. The molecule has 1 aromatic rings. The minimum absolute atomic E-state index is 0.666. The highest BCUT2D eigenvalue weighted by Gasteiger charge is 2.14. The standard InChI is InChI=1S/C10H13NO2/c1-11-6-8-5-9(12-2)3-4-10(8)13-7-11/h3-5H,6-7H2,1-2H3. The van der Waals surface area contributed by atoms with Gasteiger partial charge < -0.3 is 9.47 Å². The van der Waals surface area contributed by atoms with Crippen molar-refractivity contribution >= 4 is 0 Å². The van der Waals surface area contributed by atoms with Crippen molar-refractivity contribution in [3.8, 4) is 11.5 Å². The molecule has 3 heteroatoms. The van der Waals surface area contributed by atoms with Gasteiger partial charge >= 0.3 is 0 Å². The summed E-state index contributed by atoms with van der Waals surface area (Å²) in [5, 5.41) is 0. The molecule has 1 aromatic carbocycles. The number of methoxy groups -OCH3 is 1. The van der Waals surface area contributed by atoms with Gasteiger partial charge in [0.2, 0.25) is 0 Å². The van der Waals surface area contributed by atoms with E-state index in [0.717, 1.165) is 18.0 Å². The van der Waals surface area contributed by atoms with Crippen LogP contribution >= 0.6 is 0 Å². The molecule has 0 atom stereocenters. The van der Waals surface area contributed by atoms with Gasteiger partial charge in [-0.2, -0.15) is 0 Å². The summed E-state index contributed by atoms with van der Waals surface area (Å²) in [4.78, 5) is 2.11. The summed E-state index contributed by atoms with van der Waals surface area (Å²) >= 11 is 0. The normalized spacial score (nSPS) is 16.2. The van der Waals surface area contributed by atoms with Crippen molar-refractivity contribution in [1.82, 2.24) is 4.90 Å². The first kappa shape index (κ1) is 8.38. The second-order valence-electron chi connectivity index (χ2n) is 3.26. The summed E-state index contributed by atoms with van der Waals surface area (Å²) < 4.78 is 10.6. The van der Waals surface area contributed by atoms with E-state index in [1.54, 1.807) is 7.11 Å². The fourth-order valence-corrected chi connectivity index (χ4v) is 1.46. The van der Waals surface area contributed by atoms with Gasteiger partial charge in [0, 0.05) is 12.1 Å². The van der Waals surface area contributed by atoms with Gasteiger partial charge in [-0.1, -0.05) is 0 Å².